The second kappa shape index (κ2) is 6.19. The van der Waals surface area contributed by atoms with Gasteiger partial charge in [-0.2, -0.15) is 0 Å². The third kappa shape index (κ3) is 2.97. The van der Waals surface area contributed by atoms with Gasteiger partial charge in [0.1, 0.15) is 18.0 Å². The zero-order valence-electron chi connectivity index (χ0n) is 12.0. The lowest BCUT2D eigenvalue weighted by Crippen LogP contribution is -2.36. The maximum Gasteiger partial charge on any atom is 0.148 e. The van der Waals surface area contributed by atoms with E-state index >= 15 is 0 Å². The summed E-state index contributed by atoms with van der Waals surface area (Å²) in [7, 11) is 0. The Hall–Kier alpha value is -1.36. The molecule has 0 unspecified atom stereocenters. The van der Waals surface area contributed by atoms with Crippen LogP contribution in [0.1, 0.15) is 51.5 Å². The van der Waals surface area contributed by atoms with Gasteiger partial charge in [-0.25, -0.2) is 15.8 Å². The highest BCUT2D eigenvalue weighted by Gasteiger charge is 2.34. The van der Waals surface area contributed by atoms with Crippen LogP contribution < -0.4 is 16.6 Å². The molecule has 2 rings (SSSR count). The second-order valence-corrected chi connectivity index (χ2v) is 5.50. The van der Waals surface area contributed by atoms with Gasteiger partial charge >= 0.3 is 0 Å². The fourth-order valence-electron chi connectivity index (χ4n) is 2.78. The Morgan fingerprint density at radius 2 is 2.00 bits per heavy atom. The Labute approximate surface area is 115 Å². The summed E-state index contributed by atoms with van der Waals surface area (Å²) in [5.74, 6) is 7.20. The molecular formula is C14H25N5. The fourth-order valence-corrected chi connectivity index (χ4v) is 2.78. The molecule has 0 radical (unpaired) electrons. The van der Waals surface area contributed by atoms with Gasteiger partial charge in [-0.1, -0.05) is 26.7 Å². The highest BCUT2D eigenvalue weighted by Crippen LogP contribution is 2.43. The van der Waals surface area contributed by atoms with Crippen LogP contribution in [0.15, 0.2) is 6.33 Å². The number of nitrogen functional groups attached to an aromatic ring is 1. The molecule has 0 aliphatic heterocycles. The van der Waals surface area contributed by atoms with Crippen molar-refractivity contribution in [3.05, 3.63) is 11.9 Å². The van der Waals surface area contributed by atoms with Gasteiger partial charge in [0.05, 0.1) is 0 Å². The van der Waals surface area contributed by atoms with Gasteiger partial charge in [-0.3, -0.25) is 0 Å². The molecule has 0 bridgehead atoms. The first-order valence-corrected chi connectivity index (χ1v) is 7.29. The minimum Gasteiger partial charge on any atom is -0.369 e. The van der Waals surface area contributed by atoms with Crippen LogP contribution in [-0.2, 0) is 6.42 Å². The SMILES string of the molecule is CCCc1c(NN)ncnc1NCC1(CC)CCC1. The van der Waals surface area contributed by atoms with Gasteiger partial charge in [0.2, 0.25) is 0 Å². The van der Waals surface area contributed by atoms with E-state index in [4.69, 9.17) is 5.84 Å². The van der Waals surface area contributed by atoms with Crippen molar-refractivity contribution in [2.45, 2.75) is 52.4 Å². The Morgan fingerprint density at radius 3 is 2.53 bits per heavy atom. The van der Waals surface area contributed by atoms with Crippen molar-refractivity contribution in [1.29, 1.82) is 0 Å². The van der Waals surface area contributed by atoms with Gasteiger partial charge in [-0.15, -0.1) is 0 Å². The number of anilines is 2. The van der Waals surface area contributed by atoms with E-state index in [1.807, 2.05) is 0 Å². The molecule has 0 amide bonds. The summed E-state index contributed by atoms with van der Waals surface area (Å²) in [5.41, 5.74) is 4.24. The highest BCUT2D eigenvalue weighted by atomic mass is 15.3. The molecule has 0 atom stereocenters. The summed E-state index contributed by atoms with van der Waals surface area (Å²) in [4.78, 5) is 8.57. The quantitative estimate of drug-likeness (QED) is 0.521. The Morgan fingerprint density at radius 1 is 1.26 bits per heavy atom. The minimum atomic E-state index is 0.477. The normalized spacial score (nSPS) is 16.8. The first-order valence-electron chi connectivity index (χ1n) is 7.29. The number of nitrogens with one attached hydrogen (secondary N) is 2. The number of hydrogen-bond acceptors (Lipinski definition) is 5. The van der Waals surface area contributed by atoms with Gasteiger partial charge in [0.15, 0.2) is 0 Å². The molecule has 19 heavy (non-hydrogen) atoms. The lowest BCUT2D eigenvalue weighted by Gasteiger charge is -2.41. The van der Waals surface area contributed by atoms with E-state index in [9.17, 15) is 0 Å². The summed E-state index contributed by atoms with van der Waals surface area (Å²) in [6.45, 7) is 5.43. The molecule has 1 aliphatic carbocycles. The third-order valence-electron chi connectivity index (χ3n) is 4.38. The smallest absolute Gasteiger partial charge is 0.148 e. The van der Waals surface area contributed by atoms with Crippen molar-refractivity contribution >= 4 is 11.6 Å². The standard InChI is InChI=1S/C14H25N5/c1-3-6-11-12(17-10-18-13(11)19-15)16-9-14(4-2)7-5-8-14/h10H,3-9,15H2,1-2H3,(H2,16,17,18,19). The summed E-state index contributed by atoms with van der Waals surface area (Å²) in [6, 6.07) is 0. The Balaban J connectivity index is 2.10. The van der Waals surface area contributed by atoms with Gasteiger partial charge in [-0.05, 0) is 31.1 Å². The van der Waals surface area contributed by atoms with Gasteiger partial charge < -0.3 is 10.7 Å². The number of nitrogens with zero attached hydrogens (tertiary/aromatic N) is 2. The number of rotatable bonds is 7. The van der Waals surface area contributed by atoms with Gasteiger partial charge in [0.25, 0.3) is 0 Å². The predicted octanol–water partition coefficient (Wildman–Crippen LogP) is 2.71. The van der Waals surface area contributed by atoms with Crippen LogP contribution >= 0.6 is 0 Å². The summed E-state index contributed by atoms with van der Waals surface area (Å²) < 4.78 is 0. The molecule has 5 heteroatoms. The van der Waals surface area contributed by atoms with E-state index in [2.05, 4.69) is 34.6 Å². The first-order chi connectivity index (χ1) is 9.24. The fraction of sp³-hybridized carbons (Fsp3) is 0.714. The Kier molecular flexibility index (Phi) is 4.58. The average molecular weight is 263 g/mol. The molecule has 0 saturated heterocycles. The molecule has 1 aromatic rings. The van der Waals surface area contributed by atoms with Crippen LogP contribution in [0.4, 0.5) is 11.6 Å². The van der Waals surface area contributed by atoms with Crippen molar-refractivity contribution in [2.75, 3.05) is 17.3 Å². The minimum absolute atomic E-state index is 0.477. The van der Waals surface area contributed by atoms with Crippen molar-refractivity contribution < 1.29 is 0 Å². The van der Waals surface area contributed by atoms with Crippen LogP contribution in [0.5, 0.6) is 0 Å². The molecule has 1 saturated carbocycles. The molecule has 106 valence electrons. The van der Waals surface area contributed by atoms with Crippen LogP contribution in [0.2, 0.25) is 0 Å². The van der Waals surface area contributed by atoms with Crippen LogP contribution in [0.3, 0.4) is 0 Å². The molecule has 1 heterocycles. The number of aromatic nitrogens is 2. The molecule has 0 spiro atoms. The second-order valence-electron chi connectivity index (χ2n) is 5.50. The van der Waals surface area contributed by atoms with Crippen molar-refractivity contribution in [2.24, 2.45) is 11.3 Å². The largest absolute Gasteiger partial charge is 0.369 e. The van der Waals surface area contributed by atoms with Crippen molar-refractivity contribution in [3.8, 4) is 0 Å². The zero-order valence-corrected chi connectivity index (χ0v) is 12.0. The van der Waals surface area contributed by atoms with Crippen LogP contribution in [0.25, 0.3) is 0 Å². The predicted molar refractivity (Wildman–Crippen MR) is 78.9 cm³/mol. The maximum atomic E-state index is 5.53. The molecular weight excluding hydrogens is 238 g/mol. The molecule has 5 nitrogen and oxygen atoms in total. The van der Waals surface area contributed by atoms with Crippen LogP contribution in [-0.4, -0.2) is 16.5 Å². The molecule has 1 aromatic heterocycles. The first kappa shape index (κ1) is 14.1. The monoisotopic (exact) mass is 263 g/mol. The lowest BCUT2D eigenvalue weighted by molar-refractivity contribution is 0.145. The third-order valence-corrected chi connectivity index (χ3v) is 4.38. The highest BCUT2D eigenvalue weighted by molar-refractivity contribution is 5.57. The summed E-state index contributed by atoms with van der Waals surface area (Å²) in [6.07, 6.45) is 8.79. The van der Waals surface area contributed by atoms with Gasteiger partial charge in [0, 0.05) is 12.1 Å². The Bertz CT molecular complexity index is 409. The lowest BCUT2D eigenvalue weighted by atomic mass is 9.67. The van der Waals surface area contributed by atoms with E-state index < -0.39 is 0 Å². The van der Waals surface area contributed by atoms with E-state index in [-0.39, 0.29) is 0 Å². The molecule has 1 fully saturated rings. The molecule has 1 aliphatic rings. The molecule has 4 N–H and O–H groups in total. The summed E-state index contributed by atoms with van der Waals surface area (Å²) in [5, 5.41) is 3.52. The maximum absolute atomic E-state index is 5.53. The zero-order chi connectivity index (χ0) is 13.7. The van der Waals surface area contributed by atoms with Crippen molar-refractivity contribution in [1.82, 2.24) is 9.97 Å². The number of hydrogen-bond donors (Lipinski definition) is 3. The van der Waals surface area contributed by atoms with E-state index in [1.54, 1.807) is 6.33 Å². The van der Waals surface area contributed by atoms with Crippen molar-refractivity contribution in [3.63, 3.8) is 0 Å². The average Bonchev–Trinajstić information content (AvgIpc) is 2.39. The number of nitrogens with two attached hydrogens (primary N) is 1. The number of hydrazine groups is 1. The van der Waals surface area contributed by atoms with E-state index in [0.29, 0.717) is 5.41 Å². The van der Waals surface area contributed by atoms with Crippen LogP contribution in [0, 0.1) is 5.41 Å². The summed E-state index contributed by atoms with van der Waals surface area (Å²) >= 11 is 0. The topological polar surface area (TPSA) is 75.9 Å². The van der Waals surface area contributed by atoms with E-state index in [1.165, 1.54) is 25.7 Å². The molecule has 0 aromatic carbocycles. The van der Waals surface area contributed by atoms with E-state index in [0.717, 1.165) is 36.6 Å².